The Labute approximate surface area is 105 Å². The predicted molar refractivity (Wildman–Crippen MR) is 67.1 cm³/mol. The Balaban J connectivity index is 1.69. The van der Waals surface area contributed by atoms with E-state index >= 15 is 0 Å². The van der Waals surface area contributed by atoms with Crippen LogP contribution in [0.5, 0.6) is 0 Å². The molecule has 1 saturated carbocycles. The van der Waals surface area contributed by atoms with Crippen LogP contribution >= 0.6 is 0 Å². The Bertz CT molecular complexity index is 463. The Morgan fingerprint density at radius 2 is 2.22 bits per heavy atom. The standard InChI is InChI=1S/C13H18N2O3/c16-11-7-10(8-11)9-14-12(17)4-6-15-5-2-1-3-13(15)18/h1-3,5,10-11,16H,4,6-9H2,(H,14,17). The van der Waals surface area contributed by atoms with Gasteiger partial charge in [0.15, 0.2) is 0 Å². The third kappa shape index (κ3) is 3.43. The highest BCUT2D eigenvalue weighted by atomic mass is 16.3. The maximum absolute atomic E-state index is 11.6. The largest absolute Gasteiger partial charge is 0.393 e. The monoisotopic (exact) mass is 250 g/mol. The van der Waals surface area contributed by atoms with E-state index in [1.165, 1.54) is 10.6 Å². The molecule has 0 aliphatic heterocycles. The third-order valence-electron chi connectivity index (χ3n) is 3.28. The number of carbonyl (C=O) groups excluding carboxylic acids is 1. The zero-order valence-electron chi connectivity index (χ0n) is 10.2. The first-order valence-corrected chi connectivity index (χ1v) is 6.25. The van der Waals surface area contributed by atoms with Crippen LogP contribution in [0.4, 0.5) is 0 Å². The molecule has 1 heterocycles. The molecule has 18 heavy (non-hydrogen) atoms. The minimum absolute atomic E-state index is 0.0489. The second-order valence-electron chi connectivity index (χ2n) is 4.78. The maximum atomic E-state index is 11.6. The number of hydrogen-bond donors (Lipinski definition) is 2. The molecule has 2 N–H and O–H groups in total. The fourth-order valence-corrected chi connectivity index (χ4v) is 2.08. The molecule has 1 aliphatic rings. The highest BCUT2D eigenvalue weighted by Gasteiger charge is 2.26. The van der Waals surface area contributed by atoms with Crippen LogP contribution in [-0.4, -0.2) is 28.2 Å². The van der Waals surface area contributed by atoms with Crippen LogP contribution < -0.4 is 10.9 Å². The third-order valence-corrected chi connectivity index (χ3v) is 3.28. The fourth-order valence-electron chi connectivity index (χ4n) is 2.08. The van der Waals surface area contributed by atoms with Crippen LogP contribution in [0, 0.1) is 5.92 Å². The first-order chi connectivity index (χ1) is 8.65. The van der Waals surface area contributed by atoms with Crippen LogP contribution in [-0.2, 0) is 11.3 Å². The second kappa shape index (κ2) is 5.82. The van der Waals surface area contributed by atoms with Gasteiger partial charge in [-0.3, -0.25) is 9.59 Å². The lowest BCUT2D eigenvalue weighted by atomic mass is 9.82. The number of pyridine rings is 1. The fraction of sp³-hybridized carbons (Fsp3) is 0.538. The molecule has 2 rings (SSSR count). The maximum Gasteiger partial charge on any atom is 0.250 e. The van der Waals surface area contributed by atoms with Gasteiger partial charge in [-0.2, -0.15) is 0 Å². The van der Waals surface area contributed by atoms with Gasteiger partial charge in [-0.15, -0.1) is 0 Å². The number of hydrogen-bond acceptors (Lipinski definition) is 3. The van der Waals surface area contributed by atoms with Crippen molar-refractivity contribution in [3.63, 3.8) is 0 Å². The van der Waals surface area contributed by atoms with E-state index in [9.17, 15) is 9.59 Å². The Kier molecular flexibility index (Phi) is 4.15. The van der Waals surface area contributed by atoms with E-state index in [0.29, 0.717) is 25.4 Å². The molecule has 1 fully saturated rings. The van der Waals surface area contributed by atoms with Crippen LogP contribution in [0.25, 0.3) is 0 Å². The topological polar surface area (TPSA) is 71.3 Å². The minimum Gasteiger partial charge on any atom is -0.393 e. The van der Waals surface area contributed by atoms with E-state index in [4.69, 9.17) is 5.11 Å². The summed E-state index contributed by atoms with van der Waals surface area (Å²) in [5, 5.41) is 11.9. The number of rotatable bonds is 5. The first-order valence-electron chi connectivity index (χ1n) is 6.25. The number of carbonyl (C=O) groups is 1. The van der Waals surface area contributed by atoms with Gasteiger partial charge >= 0.3 is 0 Å². The van der Waals surface area contributed by atoms with Gasteiger partial charge in [-0.05, 0) is 24.8 Å². The lowest BCUT2D eigenvalue weighted by Gasteiger charge is -2.31. The second-order valence-corrected chi connectivity index (χ2v) is 4.78. The van der Waals surface area contributed by atoms with E-state index in [0.717, 1.165) is 12.8 Å². The summed E-state index contributed by atoms with van der Waals surface area (Å²) in [5.74, 6) is 0.357. The Morgan fingerprint density at radius 3 is 2.89 bits per heavy atom. The van der Waals surface area contributed by atoms with Crippen LogP contribution in [0.1, 0.15) is 19.3 Å². The van der Waals surface area contributed by atoms with Gasteiger partial charge in [-0.25, -0.2) is 0 Å². The molecule has 0 bridgehead atoms. The molecule has 0 spiro atoms. The van der Waals surface area contributed by atoms with Crippen molar-refractivity contribution in [3.05, 3.63) is 34.7 Å². The van der Waals surface area contributed by atoms with Crippen molar-refractivity contribution in [2.24, 2.45) is 5.92 Å². The quantitative estimate of drug-likeness (QED) is 0.780. The SMILES string of the molecule is O=C(CCn1ccccc1=O)NCC1CC(O)C1. The van der Waals surface area contributed by atoms with Crippen molar-refractivity contribution in [2.45, 2.75) is 31.9 Å². The number of nitrogens with one attached hydrogen (secondary N) is 1. The normalized spacial score (nSPS) is 22.3. The number of aromatic nitrogens is 1. The molecule has 5 heteroatoms. The molecule has 0 atom stereocenters. The van der Waals surface area contributed by atoms with Gasteiger partial charge in [-0.1, -0.05) is 6.07 Å². The van der Waals surface area contributed by atoms with Crippen LogP contribution in [0.15, 0.2) is 29.2 Å². The van der Waals surface area contributed by atoms with Crippen molar-refractivity contribution in [2.75, 3.05) is 6.54 Å². The number of aliphatic hydroxyl groups excluding tert-OH is 1. The molecule has 1 aromatic rings. The Morgan fingerprint density at radius 1 is 1.44 bits per heavy atom. The molecule has 5 nitrogen and oxygen atoms in total. The average Bonchev–Trinajstić information content (AvgIpc) is 2.32. The molecule has 0 unspecified atom stereocenters. The summed E-state index contributed by atoms with van der Waals surface area (Å²) in [6, 6.07) is 4.93. The smallest absolute Gasteiger partial charge is 0.250 e. The van der Waals surface area contributed by atoms with Gasteiger partial charge in [0.25, 0.3) is 5.56 Å². The van der Waals surface area contributed by atoms with Crippen LogP contribution in [0.2, 0.25) is 0 Å². The summed E-state index contributed by atoms with van der Waals surface area (Å²) in [6.45, 7) is 1.03. The molecule has 1 amide bonds. The summed E-state index contributed by atoms with van der Waals surface area (Å²) in [6.07, 6.45) is 3.35. The lowest BCUT2D eigenvalue weighted by molar-refractivity contribution is -0.121. The molecule has 0 saturated heterocycles. The summed E-state index contributed by atoms with van der Waals surface area (Å²) < 4.78 is 1.52. The molecule has 1 aromatic heterocycles. The van der Waals surface area contributed by atoms with E-state index in [2.05, 4.69) is 5.32 Å². The van der Waals surface area contributed by atoms with Gasteiger partial charge in [0, 0.05) is 31.8 Å². The van der Waals surface area contributed by atoms with Crippen molar-refractivity contribution < 1.29 is 9.90 Å². The molecule has 0 aromatic carbocycles. The first kappa shape index (κ1) is 12.8. The molecular weight excluding hydrogens is 232 g/mol. The van der Waals surface area contributed by atoms with Crippen LogP contribution in [0.3, 0.4) is 0 Å². The van der Waals surface area contributed by atoms with E-state index in [1.54, 1.807) is 18.3 Å². The van der Waals surface area contributed by atoms with Crippen molar-refractivity contribution >= 4 is 5.91 Å². The summed E-state index contributed by atoms with van der Waals surface area (Å²) in [7, 11) is 0. The predicted octanol–water partition coefficient (Wildman–Crippen LogP) is 0.125. The summed E-state index contributed by atoms with van der Waals surface area (Å²) >= 11 is 0. The van der Waals surface area contributed by atoms with E-state index in [1.807, 2.05) is 0 Å². The molecule has 0 radical (unpaired) electrons. The highest BCUT2D eigenvalue weighted by molar-refractivity contribution is 5.75. The zero-order chi connectivity index (χ0) is 13.0. The van der Waals surface area contributed by atoms with Gasteiger partial charge in [0.1, 0.15) is 0 Å². The summed E-state index contributed by atoms with van der Waals surface area (Å²) in [5.41, 5.74) is -0.0904. The minimum atomic E-state index is -0.185. The molecular formula is C13H18N2O3. The van der Waals surface area contributed by atoms with Gasteiger partial charge in [0.2, 0.25) is 5.91 Å². The van der Waals surface area contributed by atoms with Gasteiger partial charge < -0.3 is 15.0 Å². The number of nitrogens with zero attached hydrogens (tertiary/aromatic N) is 1. The highest BCUT2D eigenvalue weighted by Crippen LogP contribution is 2.25. The van der Waals surface area contributed by atoms with E-state index < -0.39 is 0 Å². The Hall–Kier alpha value is -1.62. The molecule has 1 aliphatic carbocycles. The number of aliphatic hydroxyl groups is 1. The number of amides is 1. The van der Waals surface area contributed by atoms with Crippen molar-refractivity contribution in [3.8, 4) is 0 Å². The van der Waals surface area contributed by atoms with Crippen molar-refractivity contribution in [1.29, 1.82) is 0 Å². The average molecular weight is 250 g/mol. The lowest BCUT2D eigenvalue weighted by Crippen LogP contribution is -2.38. The zero-order valence-corrected chi connectivity index (χ0v) is 10.2. The van der Waals surface area contributed by atoms with E-state index in [-0.39, 0.29) is 17.6 Å². The molecule has 98 valence electrons. The van der Waals surface area contributed by atoms with Crippen molar-refractivity contribution in [1.82, 2.24) is 9.88 Å². The summed E-state index contributed by atoms with van der Waals surface area (Å²) in [4.78, 5) is 23.0. The number of aryl methyl sites for hydroxylation is 1. The van der Waals surface area contributed by atoms with Gasteiger partial charge in [0.05, 0.1) is 6.10 Å².